The number of carbonyl (C=O) groups excluding carboxylic acids is 1. The third kappa shape index (κ3) is 3.92. The van der Waals surface area contributed by atoms with Gasteiger partial charge in [-0.3, -0.25) is 4.79 Å². The van der Waals surface area contributed by atoms with Crippen LogP contribution in [0.15, 0.2) is 42.6 Å². The first-order chi connectivity index (χ1) is 11.4. The molecule has 0 unspecified atom stereocenters. The maximum Gasteiger partial charge on any atom is 0.255 e. The fraction of sp³-hybridized carbons (Fsp3) is 0. The van der Waals surface area contributed by atoms with E-state index in [4.69, 9.17) is 5.73 Å². The molecule has 4 N–H and O–H groups in total. The number of nitrogen functional groups attached to an aromatic ring is 1. The molecule has 0 spiro atoms. The summed E-state index contributed by atoms with van der Waals surface area (Å²) in [6.45, 7) is 0. The molecule has 0 aliphatic heterocycles. The Kier molecular flexibility index (Phi) is 5.33. The van der Waals surface area contributed by atoms with E-state index in [0.29, 0.717) is 23.5 Å². The molecule has 0 aliphatic carbocycles. The molecule has 2 aromatic carbocycles. The molecular weight excluding hydrogens is 357 g/mol. The maximum atomic E-state index is 13.2. The Labute approximate surface area is 146 Å². The normalized spacial score (nSPS) is 10.2. The van der Waals surface area contributed by atoms with Gasteiger partial charge in [-0.1, -0.05) is 12.1 Å². The number of hydrogen-bond acceptors (Lipinski definition) is 3. The number of benzene rings is 2. The number of aromatic amines is 1. The summed E-state index contributed by atoms with van der Waals surface area (Å²) in [6, 6.07) is 7.87. The van der Waals surface area contributed by atoms with Crippen molar-refractivity contribution < 1.29 is 18.0 Å². The molecule has 1 amide bonds. The Bertz CT molecular complexity index is 889. The molecule has 1 heterocycles. The highest BCUT2D eigenvalue weighted by atomic mass is 35.5. The van der Waals surface area contributed by atoms with Gasteiger partial charge in [0.15, 0.2) is 23.4 Å². The molecule has 5 nitrogen and oxygen atoms in total. The van der Waals surface area contributed by atoms with E-state index in [-0.39, 0.29) is 23.9 Å². The lowest BCUT2D eigenvalue weighted by Gasteiger charge is -2.07. The second-order valence-electron chi connectivity index (χ2n) is 4.97. The molecule has 0 aliphatic rings. The van der Waals surface area contributed by atoms with Crippen LogP contribution in [0.1, 0.15) is 10.4 Å². The highest BCUT2D eigenvalue weighted by Gasteiger charge is 2.15. The quantitative estimate of drug-likeness (QED) is 0.616. The van der Waals surface area contributed by atoms with Crippen molar-refractivity contribution in [1.29, 1.82) is 0 Å². The number of rotatable bonds is 3. The average Bonchev–Trinajstić information content (AvgIpc) is 2.99. The maximum absolute atomic E-state index is 13.2. The molecule has 9 heteroatoms. The van der Waals surface area contributed by atoms with Crippen molar-refractivity contribution in [1.82, 2.24) is 9.97 Å². The van der Waals surface area contributed by atoms with Gasteiger partial charge >= 0.3 is 0 Å². The number of aromatic nitrogens is 2. The van der Waals surface area contributed by atoms with Gasteiger partial charge in [-0.15, -0.1) is 12.4 Å². The molecular formula is C16H12ClF3N4O. The Balaban J connectivity index is 0.00000225. The molecule has 0 fully saturated rings. The summed E-state index contributed by atoms with van der Waals surface area (Å²) in [6.07, 6.45) is 1.56. The van der Waals surface area contributed by atoms with Gasteiger partial charge < -0.3 is 16.0 Å². The van der Waals surface area contributed by atoms with E-state index < -0.39 is 23.4 Å². The highest BCUT2D eigenvalue weighted by molar-refractivity contribution is 6.04. The molecule has 25 heavy (non-hydrogen) atoms. The molecule has 3 rings (SSSR count). The number of anilines is 2. The van der Waals surface area contributed by atoms with Crippen LogP contribution in [0.2, 0.25) is 0 Å². The van der Waals surface area contributed by atoms with E-state index in [2.05, 4.69) is 15.3 Å². The minimum absolute atomic E-state index is 0. The van der Waals surface area contributed by atoms with E-state index >= 15 is 0 Å². The number of imidazole rings is 1. The molecule has 0 saturated carbocycles. The van der Waals surface area contributed by atoms with Gasteiger partial charge in [0.05, 0.1) is 11.9 Å². The summed E-state index contributed by atoms with van der Waals surface area (Å²) < 4.78 is 39.2. The zero-order valence-electron chi connectivity index (χ0n) is 12.5. The largest absolute Gasteiger partial charge is 0.369 e. The molecule has 0 bridgehead atoms. The van der Waals surface area contributed by atoms with Crippen LogP contribution in [0.25, 0.3) is 11.3 Å². The second-order valence-corrected chi connectivity index (χ2v) is 4.97. The lowest BCUT2D eigenvalue weighted by molar-refractivity contribution is 0.102. The fourth-order valence-corrected chi connectivity index (χ4v) is 2.11. The number of H-pyrrole nitrogens is 1. The van der Waals surface area contributed by atoms with E-state index in [0.717, 1.165) is 5.56 Å². The smallest absolute Gasteiger partial charge is 0.255 e. The predicted octanol–water partition coefficient (Wildman–Crippen LogP) is 3.75. The Morgan fingerprint density at radius 2 is 1.68 bits per heavy atom. The van der Waals surface area contributed by atoms with Crippen molar-refractivity contribution in [2.24, 2.45) is 0 Å². The minimum Gasteiger partial charge on any atom is -0.369 e. The summed E-state index contributed by atoms with van der Waals surface area (Å²) in [5.41, 5.74) is 7.07. The molecule has 1 aromatic heterocycles. The predicted molar refractivity (Wildman–Crippen MR) is 90.0 cm³/mol. The van der Waals surface area contributed by atoms with Gasteiger partial charge in [0.25, 0.3) is 5.91 Å². The summed E-state index contributed by atoms with van der Waals surface area (Å²) in [5.74, 6) is -4.94. The lowest BCUT2D eigenvalue weighted by Crippen LogP contribution is -2.13. The van der Waals surface area contributed by atoms with Crippen LogP contribution in [0.3, 0.4) is 0 Å². The van der Waals surface area contributed by atoms with Crippen molar-refractivity contribution in [3.05, 3.63) is 65.6 Å². The van der Waals surface area contributed by atoms with E-state index in [9.17, 15) is 18.0 Å². The van der Waals surface area contributed by atoms with Gasteiger partial charge in [-0.25, -0.2) is 18.2 Å². The number of amides is 1. The number of hydrogen-bond donors (Lipinski definition) is 3. The summed E-state index contributed by atoms with van der Waals surface area (Å²) in [7, 11) is 0. The van der Waals surface area contributed by atoms with Crippen molar-refractivity contribution >= 4 is 29.9 Å². The number of nitrogens with one attached hydrogen (secondary N) is 2. The summed E-state index contributed by atoms with van der Waals surface area (Å²) in [5, 5.41) is 2.47. The number of nitrogens with two attached hydrogens (primary N) is 1. The van der Waals surface area contributed by atoms with Crippen molar-refractivity contribution in [3.8, 4) is 11.3 Å². The lowest BCUT2D eigenvalue weighted by atomic mass is 10.1. The van der Waals surface area contributed by atoms with Gasteiger partial charge in [0.2, 0.25) is 0 Å². The van der Waals surface area contributed by atoms with Gasteiger partial charge in [0.1, 0.15) is 0 Å². The second kappa shape index (κ2) is 7.27. The van der Waals surface area contributed by atoms with Crippen LogP contribution in [0.5, 0.6) is 0 Å². The summed E-state index contributed by atoms with van der Waals surface area (Å²) in [4.78, 5) is 18.7. The van der Waals surface area contributed by atoms with Gasteiger partial charge in [-0.05, 0) is 29.8 Å². The van der Waals surface area contributed by atoms with Crippen LogP contribution in [-0.4, -0.2) is 15.9 Å². The van der Waals surface area contributed by atoms with Crippen LogP contribution in [0.4, 0.5) is 24.8 Å². The van der Waals surface area contributed by atoms with Crippen LogP contribution < -0.4 is 11.1 Å². The van der Waals surface area contributed by atoms with E-state index in [1.165, 1.54) is 0 Å². The molecule has 0 saturated heterocycles. The Morgan fingerprint density at radius 3 is 2.20 bits per heavy atom. The molecule has 3 aromatic rings. The Hall–Kier alpha value is -3.00. The average molecular weight is 369 g/mol. The topological polar surface area (TPSA) is 83.8 Å². The van der Waals surface area contributed by atoms with Crippen LogP contribution in [0, 0.1) is 17.5 Å². The zero-order chi connectivity index (χ0) is 17.3. The van der Waals surface area contributed by atoms with E-state index in [1.54, 1.807) is 30.5 Å². The number of nitrogens with zero attached hydrogens (tertiary/aromatic N) is 1. The Morgan fingerprint density at radius 1 is 1.08 bits per heavy atom. The number of carbonyl (C=O) groups is 1. The zero-order valence-corrected chi connectivity index (χ0v) is 13.3. The highest BCUT2D eigenvalue weighted by Crippen LogP contribution is 2.21. The third-order valence-corrected chi connectivity index (χ3v) is 3.30. The fourth-order valence-electron chi connectivity index (χ4n) is 2.11. The minimum atomic E-state index is -1.62. The van der Waals surface area contributed by atoms with Crippen LogP contribution >= 0.6 is 12.4 Å². The first-order valence-corrected chi connectivity index (χ1v) is 6.81. The first kappa shape index (κ1) is 18.3. The molecule has 0 radical (unpaired) electrons. The monoisotopic (exact) mass is 368 g/mol. The molecule has 130 valence electrons. The van der Waals surface area contributed by atoms with E-state index in [1.807, 2.05) is 0 Å². The molecule has 0 atom stereocenters. The third-order valence-electron chi connectivity index (χ3n) is 3.30. The summed E-state index contributed by atoms with van der Waals surface area (Å²) >= 11 is 0. The van der Waals surface area contributed by atoms with Crippen molar-refractivity contribution in [2.45, 2.75) is 0 Å². The van der Waals surface area contributed by atoms with Crippen molar-refractivity contribution in [2.75, 3.05) is 11.1 Å². The first-order valence-electron chi connectivity index (χ1n) is 6.81. The van der Waals surface area contributed by atoms with Crippen LogP contribution in [-0.2, 0) is 0 Å². The SMILES string of the molecule is Cl.Nc1ncc(-c2ccc(NC(=O)c3cc(F)c(F)c(F)c3)cc2)[nH]1. The van der Waals surface area contributed by atoms with Gasteiger partial charge in [-0.2, -0.15) is 0 Å². The van der Waals surface area contributed by atoms with Gasteiger partial charge in [0, 0.05) is 11.3 Å². The standard InChI is InChI=1S/C16H11F3N4O.ClH/c17-11-5-9(6-12(18)14(11)19)15(24)22-10-3-1-8(2-4-10)13-7-21-16(20)23-13;/h1-7H,(H,22,24)(H3,20,21,23);1H. The van der Waals surface area contributed by atoms with Crippen molar-refractivity contribution in [3.63, 3.8) is 0 Å². The number of halogens is 4.